The summed E-state index contributed by atoms with van der Waals surface area (Å²) in [6.07, 6.45) is 3.92. The van der Waals surface area contributed by atoms with Crippen molar-refractivity contribution in [3.8, 4) is 6.07 Å². The van der Waals surface area contributed by atoms with Crippen LogP contribution in [0.1, 0.15) is 41.6 Å². The average Bonchev–Trinajstić information content (AvgIpc) is 2.68. The van der Waals surface area contributed by atoms with Crippen LogP contribution in [0.2, 0.25) is 5.02 Å². The third-order valence-corrected chi connectivity index (χ3v) is 6.20. The number of benzene rings is 2. The zero-order valence-electron chi connectivity index (χ0n) is 15.1. The van der Waals surface area contributed by atoms with E-state index in [0.29, 0.717) is 22.2 Å². The molecule has 2 aromatic carbocycles. The first-order valence-corrected chi connectivity index (χ1v) is 10.4. The number of hydrogen-bond acceptors (Lipinski definition) is 3. The molecule has 0 heterocycles. The fourth-order valence-electron chi connectivity index (χ4n) is 3.50. The summed E-state index contributed by atoms with van der Waals surface area (Å²) in [5.74, 6) is 0.00192. The van der Waals surface area contributed by atoms with Crippen molar-refractivity contribution >= 4 is 45.8 Å². The number of carbonyl (C=O) groups excluding carboxylic acids is 1. The molecule has 0 aliphatic heterocycles. The van der Waals surface area contributed by atoms with E-state index in [2.05, 4.69) is 45.9 Å². The Hall–Kier alpha value is -1.78. The second-order valence-electron chi connectivity index (χ2n) is 6.87. The van der Waals surface area contributed by atoms with Crippen LogP contribution in [0.15, 0.2) is 42.5 Å². The number of carbonyl (C=O) groups is 1. The molecule has 2 aromatic rings. The van der Waals surface area contributed by atoms with Gasteiger partial charge in [-0.15, -0.1) is 0 Å². The van der Waals surface area contributed by atoms with Gasteiger partial charge in [0.2, 0.25) is 0 Å². The standard InChI is InChI=1S/C21H21ClIN3O/c1-26(19-9-4-15(13-24)20(22)12-19)18-10-7-17(8-11-18)25-21(27)14-2-5-16(23)6-3-14/h2-6,9,12,17-18H,7-8,10-11H2,1H3,(H,25,27). The molecule has 6 heteroatoms. The molecule has 1 amide bonds. The van der Waals surface area contributed by atoms with Gasteiger partial charge in [0, 0.05) is 34.0 Å². The van der Waals surface area contributed by atoms with Crippen LogP contribution in [0.5, 0.6) is 0 Å². The van der Waals surface area contributed by atoms with E-state index in [0.717, 1.165) is 34.9 Å². The van der Waals surface area contributed by atoms with Gasteiger partial charge in [-0.25, -0.2) is 0 Å². The van der Waals surface area contributed by atoms with Crippen LogP contribution in [0.3, 0.4) is 0 Å². The highest BCUT2D eigenvalue weighted by atomic mass is 127. The predicted molar refractivity (Wildman–Crippen MR) is 117 cm³/mol. The molecule has 27 heavy (non-hydrogen) atoms. The van der Waals surface area contributed by atoms with Gasteiger partial charge in [-0.2, -0.15) is 5.26 Å². The van der Waals surface area contributed by atoms with Crippen LogP contribution in [0.4, 0.5) is 5.69 Å². The molecule has 0 atom stereocenters. The van der Waals surface area contributed by atoms with E-state index in [1.54, 1.807) is 6.07 Å². The van der Waals surface area contributed by atoms with Crippen molar-refractivity contribution < 1.29 is 4.79 Å². The molecule has 0 bridgehead atoms. The van der Waals surface area contributed by atoms with Gasteiger partial charge in [0.15, 0.2) is 0 Å². The number of nitrogens with zero attached hydrogens (tertiary/aromatic N) is 2. The minimum absolute atomic E-state index is 0.00192. The second kappa shape index (κ2) is 8.94. The molecule has 1 aliphatic rings. The lowest BCUT2D eigenvalue weighted by molar-refractivity contribution is 0.0926. The van der Waals surface area contributed by atoms with Gasteiger partial charge in [0.1, 0.15) is 6.07 Å². The number of amides is 1. The number of halogens is 2. The summed E-state index contributed by atoms with van der Waals surface area (Å²) in [6.45, 7) is 0. The molecule has 1 saturated carbocycles. The minimum Gasteiger partial charge on any atom is -0.372 e. The van der Waals surface area contributed by atoms with Gasteiger partial charge in [-0.1, -0.05) is 11.6 Å². The number of anilines is 1. The van der Waals surface area contributed by atoms with Gasteiger partial charge < -0.3 is 10.2 Å². The quantitative estimate of drug-likeness (QED) is 0.610. The van der Waals surface area contributed by atoms with Crippen molar-refractivity contribution in [3.63, 3.8) is 0 Å². The lowest BCUT2D eigenvalue weighted by atomic mass is 9.90. The van der Waals surface area contributed by atoms with Crippen molar-refractivity contribution in [2.75, 3.05) is 11.9 Å². The zero-order valence-corrected chi connectivity index (χ0v) is 18.0. The molecule has 1 aliphatic carbocycles. The third kappa shape index (κ3) is 4.94. The smallest absolute Gasteiger partial charge is 0.251 e. The highest BCUT2D eigenvalue weighted by molar-refractivity contribution is 14.1. The molecule has 0 unspecified atom stereocenters. The Morgan fingerprint density at radius 1 is 1.19 bits per heavy atom. The lowest BCUT2D eigenvalue weighted by Gasteiger charge is -2.36. The molecular formula is C21H21ClIN3O. The summed E-state index contributed by atoms with van der Waals surface area (Å²) in [6, 6.07) is 15.9. The molecular weight excluding hydrogens is 473 g/mol. The summed E-state index contributed by atoms with van der Waals surface area (Å²) in [4.78, 5) is 14.6. The van der Waals surface area contributed by atoms with Crippen LogP contribution in [0, 0.1) is 14.9 Å². The highest BCUT2D eigenvalue weighted by Crippen LogP contribution is 2.29. The Bertz CT molecular complexity index is 855. The molecule has 3 rings (SSSR count). The van der Waals surface area contributed by atoms with Crippen molar-refractivity contribution in [2.45, 2.75) is 37.8 Å². The molecule has 0 saturated heterocycles. The van der Waals surface area contributed by atoms with Gasteiger partial charge in [0.25, 0.3) is 5.91 Å². The van der Waals surface area contributed by atoms with Crippen molar-refractivity contribution in [2.24, 2.45) is 0 Å². The normalized spacial score (nSPS) is 19.2. The van der Waals surface area contributed by atoms with E-state index in [4.69, 9.17) is 16.9 Å². The van der Waals surface area contributed by atoms with Gasteiger partial charge >= 0.3 is 0 Å². The first-order chi connectivity index (χ1) is 13.0. The summed E-state index contributed by atoms with van der Waals surface area (Å²) < 4.78 is 1.12. The van der Waals surface area contributed by atoms with E-state index in [-0.39, 0.29) is 11.9 Å². The molecule has 0 radical (unpaired) electrons. The Kier molecular flexibility index (Phi) is 6.61. The first-order valence-electron chi connectivity index (χ1n) is 8.97. The van der Waals surface area contributed by atoms with Crippen LogP contribution < -0.4 is 10.2 Å². The topological polar surface area (TPSA) is 56.1 Å². The lowest BCUT2D eigenvalue weighted by Crippen LogP contribution is -2.42. The van der Waals surface area contributed by atoms with Crippen LogP contribution >= 0.6 is 34.2 Å². The van der Waals surface area contributed by atoms with Crippen LogP contribution in [-0.4, -0.2) is 25.0 Å². The maximum absolute atomic E-state index is 12.4. The first kappa shape index (κ1) is 20.0. The SMILES string of the molecule is CN(c1ccc(C#N)c(Cl)c1)C1CCC(NC(=O)c2ccc(I)cc2)CC1. The Labute approximate surface area is 178 Å². The Morgan fingerprint density at radius 2 is 1.85 bits per heavy atom. The molecule has 140 valence electrons. The molecule has 4 nitrogen and oxygen atoms in total. The maximum atomic E-state index is 12.4. The fraction of sp³-hybridized carbons (Fsp3) is 0.333. The van der Waals surface area contributed by atoms with E-state index < -0.39 is 0 Å². The van der Waals surface area contributed by atoms with E-state index >= 15 is 0 Å². The Balaban J connectivity index is 1.55. The number of nitriles is 1. The number of hydrogen-bond donors (Lipinski definition) is 1. The van der Waals surface area contributed by atoms with Crippen molar-refractivity contribution in [1.82, 2.24) is 5.32 Å². The van der Waals surface area contributed by atoms with Crippen molar-refractivity contribution in [1.29, 1.82) is 5.26 Å². The Morgan fingerprint density at radius 3 is 2.44 bits per heavy atom. The van der Waals surface area contributed by atoms with Crippen molar-refractivity contribution in [3.05, 3.63) is 62.2 Å². The molecule has 0 aromatic heterocycles. The predicted octanol–water partition coefficient (Wildman–Crippen LogP) is 4.99. The van der Waals surface area contributed by atoms with Crippen LogP contribution in [0.25, 0.3) is 0 Å². The summed E-state index contributed by atoms with van der Waals surface area (Å²) in [7, 11) is 2.06. The van der Waals surface area contributed by atoms with Crippen LogP contribution in [-0.2, 0) is 0 Å². The molecule has 0 spiro atoms. The monoisotopic (exact) mass is 493 g/mol. The zero-order chi connectivity index (χ0) is 19.4. The molecule has 1 fully saturated rings. The van der Waals surface area contributed by atoms with Gasteiger partial charge in [0.05, 0.1) is 10.6 Å². The summed E-state index contributed by atoms with van der Waals surface area (Å²) in [5.41, 5.74) is 2.23. The van der Waals surface area contributed by atoms with E-state index in [1.165, 1.54) is 0 Å². The van der Waals surface area contributed by atoms with E-state index in [9.17, 15) is 4.79 Å². The van der Waals surface area contributed by atoms with Gasteiger partial charge in [-0.3, -0.25) is 4.79 Å². The largest absolute Gasteiger partial charge is 0.372 e. The molecule has 1 N–H and O–H groups in total. The average molecular weight is 494 g/mol. The summed E-state index contributed by atoms with van der Waals surface area (Å²) >= 11 is 8.40. The highest BCUT2D eigenvalue weighted by Gasteiger charge is 2.25. The fourth-order valence-corrected chi connectivity index (χ4v) is 4.08. The second-order valence-corrected chi connectivity index (χ2v) is 8.53. The summed E-state index contributed by atoms with van der Waals surface area (Å²) in [5, 5.41) is 12.7. The van der Waals surface area contributed by atoms with Gasteiger partial charge in [-0.05, 0) is 90.7 Å². The third-order valence-electron chi connectivity index (χ3n) is 5.17. The van der Waals surface area contributed by atoms with E-state index in [1.807, 2.05) is 36.4 Å². The maximum Gasteiger partial charge on any atom is 0.251 e. The minimum atomic E-state index is 0.00192. The number of nitrogens with one attached hydrogen (secondary N) is 1. The number of rotatable bonds is 4.